The highest BCUT2D eigenvalue weighted by molar-refractivity contribution is 5.69. The zero-order valence-electron chi connectivity index (χ0n) is 22.4. The highest BCUT2D eigenvalue weighted by Gasteiger charge is 2.62. The molecule has 0 aromatic carbocycles. The Balaban J connectivity index is 1.59. The molecule has 6 nitrogen and oxygen atoms in total. The SMILES string of the molecule is COC(=O)CC[C@@H](C)[C@H]1CC=C2[C@@H]3CC[C@@H]4C[C@H](OC(C)=O)CC[C@]4(C)[C@H]3C[C@H](OC(C)=O)[C@@]21C. The molecule has 9 atom stereocenters. The molecule has 0 aromatic heterocycles. The third-order valence-corrected chi connectivity index (χ3v) is 10.5. The minimum atomic E-state index is -0.210. The lowest BCUT2D eigenvalue weighted by Crippen LogP contribution is -2.57. The van der Waals surface area contributed by atoms with Gasteiger partial charge in [0.2, 0.25) is 0 Å². The van der Waals surface area contributed by atoms with Crippen LogP contribution in [0.4, 0.5) is 0 Å². The van der Waals surface area contributed by atoms with Crippen molar-refractivity contribution < 1.29 is 28.6 Å². The lowest BCUT2D eigenvalue weighted by Gasteiger charge is -2.61. The Labute approximate surface area is 210 Å². The first-order valence-corrected chi connectivity index (χ1v) is 13.6. The molecule has 0 spiro atoms. The van der Waals surface area contributed by atoms with Crippen LogP contribution < -0.4 is 0 Å². The van der Waals surface area contributed by atoms with Crippen molar-refractivity contribution >= 4 is 17.9 Å². The van der Waals surface area contributed by atoms with E-state index in [1.54, 1.807) is 0 Å². The average Bonchev–Trinajstić information content (AvgIpc) is 3.16. The van der Waals surface area contributed by atoms with Crippen LogP contribution in [0.3, 0.4) is 0 Å². The molecule has 0 unspecified atom stereocenters. The molecular weight excluding hydrogens is 444 g/mol. The van der Waals surface area contributed by atoms with Crippen molar-refractivity contribution in [1.82, 2.24) is 0 Å². The van der Waals surface area contributed by atoms with Crippen LogP contribution in [-0.4, -0.2) is 37.2 Å². The van der Waals surface area contributed by atoms with Crippen LogP contribution in [0.25, 0.3) is 0 Å². The number of methoxy groups -OCH3 is 1. The molecule has 0 aromatic rings. The molecule has 0 N–H and O–H groups in total. The number of rotatable bonds is 6. The van der Waals surface area contributed by atoms with Gasteiger partial charge in [-0.1, -0.05) is 32.4 Å². The van der Waals surface area contributed by atoms with Gasteiger partial charge in [0.25, 0.3) is 0 Å². The molecule has 35 heavy (non-hydrogen) atoms. The molecule has 0 radical (unpaired) electrons. The third kappa shape index (κ3) is 4.67. The molecule has 4 aliphatic rings. The Morgan fingerprint density at radius 1 is 1.06 bits per heavy atom. The van der Waals surface area contributed by atoms with E-state index in [-0.39, 0.29) is 40.9 Å². The first-order valence-electron chi connectivity index (χ1n) is 13.6. The van der Waals surface area contributed by atoms with Crippen molar-refractivity contribution in [3.8, 4) is 0 Å². The maximum Gasteiger partial charge on any atom is 0.305 e. The second kappa shape index (κ2) is 9.89. The number of carbonyl (C=O) groups excluding carboxylic acids is 3. The molecular formula is C29H44O6. The predicted molar refractivity (Wildman–Crippen MR) is 132 cm³/mol. The van der Waals surface area contributed by atoms with Gasteiger partial charge >= 0.3 is 17.9 Å². The molecule has 4 rings (SSSR count). The first kappa shape index (κ1) is 26.2. The molecule has 0 saturated heterocycles. The van der Waals surface area contributed by atoms with Gasteiger partial charge in [-0.05, 0) is 86.4 Å². The summed E-state index contributed by atoms with van der Waals surface area (Å²) in [6, 6.07) is 0. The summed E-state index contributed by atoms with van der Waals surface area (Å²) in [5.41, 5.74) is 1.46. The minimum Gasteiger partial charge on any atom is -0.469 e. The lowest BCUT2D eigenvalue weighted by molar-refractivity contribution is -0.171. The predicted octanol–water partition coefficient (Wildman–Crippen LogP) is 5.63. The van der Waals surface area contributed by atoms with Crippen LogP contribution in [0.15, 0.2) is 11.6 Å². The van der Waals surface area contributed by atoms with E-state index in [2.05, 4.69) is 26.8 Å². The molecule has 0 aliphatic heterocycles. The van der Waals surface area contributed by atoms with E-state index in [9.17, 15) is 14.4 Å². The number of allylic oxidation sites excluding steroid dienone is 1. The zero-order chi connectivity index (χ0) is 25.5. The molecule has 3 saturated carbocycles. The topological polar surface area (TPSA) is 78.9 Å². The molecule has 196 valence electrons. The van der Waals surface area contributed by atoms with Gasteiger partial charge < -0.3 is 14.2 Å². The van der Waals surface area contributed by atoms with Gasteiger partial charge in [-0.2, -0.15) is 0 Å². The van der Waals surface area contributed by atoms with Gasteiger partial charge in [-0.25, -0.2) is 0 Å². The van der Waals surface area contributed by atoms with E-state index < -0.39 is 0 Å². The van der Waals surface area contributed by atoms with Crippen molar-refractivity contribution in [2.75, 3.05) is 7.11 Å². The monoisotopic (exact) mass is 488 g/mol. The number of hydrogen-bond donors (Lipinski definition) is 0. The second-order valence-corrected chi connectivity index (χ2v) is 12.2. The van der Waals surface area contributed by atoms with Crippen molar-refractivity contribution in [2.45, 2.75) is 105 Å². The Hall–Kier alpha value is -1.85. The molecule has 4 aliphatic carbocycles. The van der Waals surface area contributed by atoms with E-state index in [4.69, 9.17) is 14.2 Å². The number of fused-ring (bicyclic) bond motifs is 5. The van der Waals surface area contributed by atoms with Crippen LogP contribution in [0.2, 0.25) is 0 Å². The lowest BCUT2D eigenvalue weighted by atomic mass is 9.45. The summed E-state index contributed by atoms with van der Waals surface area (Å²) in [5, 5.41) is 0. The summed E-state index contributed by atoms with van der Waals surface area (Å²) in [7, 11) is 1.44. The maximum atomic E-state index is 12.3. The Bertz CT molecular complexity index is 878. The van der Waals surface area contributed by atoms with Crippen LogP contribution in [0.5, 0.6) is 0 Å². The van der Waals surface area contributed by atoms with Crippen LogP contribution in [0, 0.1) is 40.4 Å². The maximum absolute atomic E-state index is 12.3. The van der Waals surface area contributed by atoms with Gasteiger partial charge in [0.05, 0.1) is 7.11 Å². The van der Waals surface area contributed by atoms with Gasteiger partial charge in [-0.3, -0.25) is 14.4 Å². The minimum absolute atomic E-state index is 0.0333. The Morgan fingerprint density at radius 3 is 2.43 bits per heavy atom. The third-order valence-electron chi connectivity index (χ3n) is 10.5. The average molecular weight is 489 g/mol. The number of carbonyl (C=O) groups is 3. The molecule has 6 heteroatoms. The smallest absolute Gasteiger partial charge is 0.305 e. The summed E-state index contributed by atoms with van der Waals surface area (Å²) in [5.74, 6) is 1.62. The Kier molecular flexibility index (Phi) is 7.41. The van der Waals surface area contributed by atoms with Crippen molar-refractivity contribution in [3.05, 3.63) is 11.6 Å². The normalized spacial score (nSPS) is 40.9. The first-order chi connectivity index (χ1) is 16.5. The van der Waals surface area contributed by atoms with Gasteiger partial charge in [-0.15, -0.1) is 0 Å². The second-order valence-electron chi connectivity index (χ2n) is 12.2. The van der Waals surface area contributed by atoms with Crippen LogP contribution >= 0.6 is 0 Å². The fourth-order valence-electron chi connectivity index (χ4n) is 8.73. The van der Waals surface area contributed by atoms with Gasteiger partial charge in [0, 0.05) is 25.7 Å². The van der Waals surface area contributed by atoms with Crippen molar-refractivity contribution in [1.29, 1.82) is 0 Å². The highest BCUT2D eigenvalue weighted by atomic mass is 16.5. The summed E-state index contributed by atoms with van der Waals surface area (Å²) < 4.78 is 16.6. The van der Waals surface area contributed by atoms with E-state index in [1.165, 1.54) is 26.5 Å². The van der Waals surface area contributed by atoms with E-state index in [0.717, 1.165) is 51.4 Å². The number of esters is 3. The van der Waals surface area contributed by atoms with Crippen LogP contribution in [-0.2, 0) is 28.6 Å². The van der Waals surface area contributed by atoms with Gasteiger partial charge in [0.1, 0.15) is 12.2 Å². The fourth-order valence-corrected chi connectivity index (χ4v) is 8.73. The van der Waals surface area contributed by atoms with Crippen LogP contribution in [0.1, 0.15) is 92.4 Å². The Morgan fingerprint density at radius 2 is 1.77 bits per heavy atom. The fraction of sp³-hybridized carbons (Fsp3) is 0.828. The highest BCUT2D eigenvalue weighted by Crippen LogP contribution is 2.67. The van der Waals surface area contributed by atoms with Crippen molar-refractivity contribution in [3.63, 3.8) is 0 Å². The molecule has 0 heterocycles. The molecule has 3 fully saturated rings. The largest absolute Gasteiger partial charge is 0.469 e. The van der Waals surface area contributed by atoms with E-state index in [1.807, 2.05) is 0 Å². The van der Waals surface area contributed by atoms with E-state index >= 15 is 0 Å². The van der Waals surface area contributed by atoms with Crippen molar-refractivity contribution in [2.24, 2.45) is 40.4 Å². The number of ether oxygens (including phenoxy) is 3. The summed E-state index contributed by atoms with van der Waals surface area (Å²) >= 11 is 0. The summed E-state index contributed by atoms with van der Waals surface area (Å²) in [6.07, 6.45) is 10.6. The molecule has 0 amide bonds. The summed E-state index contributed by atoms with van der Waals surface area (Å²) in [6.45, 7) is 10.0. The van der Waals surface area contributed by atoms with Gasteiger partial charge in [0.15, 0.2) is 0 Å². The number of hydrogen-bond acceptors (Lipinski definition) is 6. The van der Waals surface area contributed by atoms with E-state index in [0.29, 0.717) is 36.0 Å². The zero-order valence-corrected chi connectivity index (χ0v) is 22.4. The molecule has 0 bridgehead atoms. The quantitative estimate of drug-likeness (QED) is 0.274. The standard InChI is InChI=1S/C29H44O6/c1-17(7-12-27(32)33-6)23-10-11-24-22-9-8-20-15-21(34-18(2)30)13-14-28(20,4)25(22)16-26(29(23,24)5)35-19(3)31/h11,17,20-23,25-26H,7-10,12-16H2,1-6H3/t17-,20-,21-,22+,23-,25+,26+,28+,29-/m1/s1. The summed E-state index contributed by atoms with van der Waals surface area (Å²) in [4.78, 5) is 35.7.